The highest BCUT2D eigenvalue weighted by atomic mass is 32.2. The summed E-state index contributed by atoms with van der Waals surface area (Å²) in [6.45, 7) is 1.34. The van der Waals surface area contributed by atoms with Crippen molar-refractivity contribution in [1.29, 1.82) is 0 Å². The van der Waals surface area contributed by atoms with E-state index in [-0.39, 0.29) is 16.8 Å². The molecule has 2 aromatic heterocycles. The first-order chi connectivity index (χ1) is 15.8. The van der Waals surface area contributed by atoms with Crippen molar-refractivity contribution in [3.8, 4) is 0 Å². The molecule has 0 saturated carbocycles. The second-order valence-corrected chi connectivity index (χ2v) is 10.7. The number of nitrogens with one attached hydrogen (secondary N) is 1. The number of carbonyl (C=O) groups excluding carboxylic acids is 1. The van der Waals surface area contributed by atoms with Gasteiger partial charge < -0.3 is 16.0 Å². The third-order valence-electron chi connectivity index (χ3n) is 5.70. The second kappa shape index (κ2) is 8.34. The molecule has 0 spiro atoms. The van der Waals surface area contributed by atoms with E-state index in [1.54, 1.807) is 18.3 Å². The lowest BCUT2D eigenvalue weighted by atomic mass is 10.1. The molecule has 9 nitrogen and oxygen atoms in total. The molecule has 170 valence electrons. The Kier molecular flexibility index (Phi) is 5.49. The largest absolute Gasteiger partial charge is 0.338 e. The van der Waals surface area contributed by atoms with Gasteiger partial charge in [0.25, 0.3) is 5.91 Å². The molecule has 1 aliphatic rings. The molecule has 0 atom stereocenters. The van der Waals surface area contributed by atoms with Gasteiger partial charge in [-0.25, -0.2) is 23.5 Å². The Bertz CT molecular complexity index is 1480. The summed E-state index contributed by atoms with van der Waals surface area (Å²) in [7, 11) is -3.82. The highest BCUT2D eigenvalue weighted by molar-refractivity contribution is 7.89. The first kappa shape index (κ1) is 21.7. The fraction of sp³-hybridized carbons (Fsp3) is 0.227. The number of hydrogen-bond donors (Lipinski definition) is 3. The maximum Gasteiger partial charge on any atom is 0.263 e. The van der Waals surface area contributed by atoms with Crippen molar-refractivity contribution in [2.45, 2.75) is 23.8 Å². The zero-order valence-corrected chi connectivity index (χ0v) is 19.2. The summed E-state index contributed by atoms with van der Waals surface area (Å²) in [5.74, 6) is 0.328. The zero-order valence-electron chi connectivity index (χ0n) is 17.6. The predicted molar refractivity (Wildman–Crippen MR) is 129 cm³/mol. The predicted octanol–water partition coefficient (Wildman–Crippen LogP) is 2.80. The van der Waals surface area contributed by atoms with Crippen LogP contribution in [0.3, 0.4) is 0 Å². The molecule has 5 N–H and O–H groups in total. The van der Waals surface area contributed by atoms with Gasteiger partial charge in [-0.2, -0.15) is 0 Å². The van der Waals surface area contributed by atoms with Crippen LogP contribution in [0.15, 0.2) is 53.6 Å². The van der Waals surface area contributed by atoms with E-state index in [0.717, 1.165) is 28.3 Å². The number of anilines is 2. The molecule has 4 aromatic rings. The lowest BCUT2D eigenvalue weighted by Gasteiger charge is -2.29. The highest BCUT2D eigenvalue weighted by Gasteiger charge is 2.23. The molecule has 1 aliphatic heterocycles. The van der Waals surface area contributed by atoms with Crippen molar-refractivity contribution in [2.75, 3.05) is 18.4 Å². The van der Waals surface area contributed by atoms with Crippen molar-refractivity contribution in [2.24, 2.45) is 10.9 Å². The molecule has 0 aliphatic carbocycles. The number of benzene rings is 2. The summed E-state index contributed by atoms with van der Waals surface area (Å²) >= 11 is 1.45. The van der Waals surface area contributed by atoms with Gasteiger partial charge in [-0.05, 0) is 49.2 Å². The lowest BCUT2D eigenvalue weighted by Crippen LogP contribution is -2.42. The van der Waals surface area contributed by atoms with Crippen LogP contribution < -0.4 is 16.2 Å². The molecule has 5 rings (SSSR count). The number of piperidine rings is 1. The van der Waals surface area contributed by atoms with Crippen LogP contribution in [0.5, 0.6) is 0 Å². The Labute approximate surface area is 194 Å². The number of primary sulfonamides is 1. The molecule has 0 bridgehead atoms. The number of amides is 1. The van der Waals surface area contributed by atoms with Gasteiger partial charge in [0, 0.05) is 46.5 Å². The van der Waals surface area contributed by atoms with Gasteiger partial charge in [0.1, 0.15) is 0 Å². The van der Waals surface area contributed by atoms with Crippen LogP contribution in [0.25, 0.3) is 21.0 Å². The summed E-state index contributed by atoms with van der Waals surface area (Å²) in [5, 5.41) is 9.97. The number of thiophene rings is 1. The molecule has 1 amide bonds. The van der Waals surface area contributed by atoms with Crippen LogP contribution in [-0.2, 0) is 10.0 Å². The second-order valence-electron chi connectivity index (χ2n) is 8.05. The molecular weight excluding hydrogens is 460 g/mol. The Balaban J connectivity index is 1.48. The first-order valence-corrected chi connectivity index (χ1v) is 12.8. The number of hydrogen-bond acceptors (Lipinski definition) is 8. The SMILES string of the molecule is NC1CCN(C(=O)c2cc3c(ccc4cnc(Nc5cccc(S(N)(=O)=O)c5)nc43)s2)CC1. The Morgan fingerprint density at radius 1 is 1.15 bits per heavy atom. The van der Waals surface area contributed by atoms with Crippen LogP contribution in [0.4, 0.5) is 11.6 Å². The van der Waals surface area contributed by atoms with E-state index >= 15 is 0 Å². The van der Waals surface area contributed by atoms with Crippen molar-refractivity contribution in [3.63, 3.8) is 0 Å². The highest BCUT2D eigenvalue weighted by Crippen LogP contribution is 2.33. The van der Waals surface area contributed by atoms with Crippen LogP contribution in [0, 0.1) is 0 Å². The molecule has 0 unspecified atom stereocenters. The van der Waals surface area contributed by atoms with E-state index in [4.69, 9.17) is 10.9 Å². The van der Waals surface area contributed by atoms with Crippen LogP contribution in [0.2, 0.25) is 0 Å². The van der Waals surface area contributed by atoms with Gasteiger partial charge in [0.15, 0.2) is 0 Å². The fourth-order valence-corrected chi connectivity index (χ4v) is 5.50. The summed E-state index contributed by atoms with van der Waals surface area (Å²) < 4.78 is 24.2. The minimum atomic E-state index is -3.82. The third-order valence-corrected chi connectivity index (χ3v) is 7.70. The van der Waals surface area contributed by atoms with E-state index in [0.29, 0.717) is 35.1 Å². The van der Waals surface area contributed by atoms with E-state index in [1.165, 1.54) is 23.5 Å². The first-order valence-electron chi connectivity index (χ1n) is 10.4. The molecular formula is C22H22N6O3S2. The van der Waals surface area contributed by atoms with Crippen molar-refractivity contribution in [1.82, 2.24) is 14.9 Å². The van der Waals surface area contributed by atoms with Crippen LogP contribution >= 0.6 is 11.3 Å². The number of sulfonamides is 1. The van der Waals surface area contributed by atoms with Gasteiger partial charge in [-0.1, -0.05) is 6.07 Å². The summed E-state index contributed by atoms with van der Waals surface area (Å²) in [6.07, 6.45) is 3.32. The smallest absolute Gasteiger partial charge is 0.263 e. The summed E-state index contributed by atoms with van der Waals surface area (Å²) in [4.78, 5) is 24.5. The Hall–Kier alpha value is -3.12. The van der Waals surface area contributed by atoms with E-state index < -0.39 is 10.0 Å². The molecule has 11 heteroatoms. The minimum absolute atomic E-state index is 0.00432. The van der Waals surface area contributed by atoms with Crippen molar-refractivity contribution in [3.05, 3.63) is 53.5 Å². The number of nitrogens with two attached hydrogens (primary N) is 2. The van der Waals surface area contributed by atoms with E-state index in [1.807, 2.05) is 23.1 Å². The summed E-state index contributed by atoms with van der Waals surface area (Å²) in [5.41, 5.74) is 7.18. The van der Waals surface area contributed by atoms with E-state index in [2.05, 4.69) is 15.3 Å². The number of fused-ring (bicyclic) bond motifs is 3. The number of likely N-dealkylation sites (tertiary alicyclic amines) is 1. The van der Waals surface area contributed by atoms with Gasteiger partial charge >= 0.3 is 0 Å². The Morgan fingerprint density at radius 2 is 1.94 bits per heavy atom. The lowest BCUT2D eigenvalue weighted by molar-refractivity contribution is 0.0719. The molecule has 33 heavy (non-hydrogen) atoms. The van der Waals surface area contributed by atoms with Crippen LogP contribution in [0.1, 0.15) is 22.5 Å². The number of rotatable bonds is 4. The van der Waals surface area contributed by atoms with Gasteiger partial charge in [-0.15, -0.1) is 11.3 Å². The summed E-state index contributed by atoms with van der Waals surface area (Å²) in [6, 6.07) is 12.1. The normalized spacial score (nSPS) is 15.3. The number of nitrogens with zero attached hydrogens (tertiary/aromatic N) is 3. The molecule has 2 aromatic carbocycles. The number of carbonyl (C=O) groups is 1. The average molecular weight is 483 g/mol. The van der Waals surface area contributed by atoms with Gasteiger partial charge in [0.2, 0.25) is 16.0 Å². The number of aromatic nitrogens is 2. The maximum atomic E-state index is 13.0. The minimum Gasteiger partial charge on any atom is -0.338 e. The molecule has 1 saturated heterocycles. The molecule has 1 fully saturated rings. The van der Waals surface area contributed by atoms with Crippen LogP contribution in [-0.4, -0.2) is 48.3 Å². The fourth-order valence-electron chi connectivity index (χ4n) is 3.91. The topological polar surface area (TPSA) is 144 Å². The third kappa shape index (κ3) is 4.40. The zero-order chi connectivity index (χ0) is 23.2. The molecule has 3 heterocycles. The van der Waals surface area contributed by atoms with E-state index in [9.17, 15) is 13.2 Å². The average Bonchev–Trinajstić information content (AvgIpc) is 3.24. The van der Waals surface area contributed by atoms with Gasteiger partial charge in [0.05, 0.1) is 15.3 Å². The maximum absolute atomic E-state index is 13.0. The standard InChI is InChI=1S/C22H22N6O3S2/c23-14-6-8-28(9-7-14)21(29)19-11-17-18(32-19)5-4-13-12-25-22(27-20(13)17)26-15-2-1-3-16(10-15)33(24,30)31/h1-5,10-12,14H,6-9,23H2,(H2,24,30,31)(H,25,26,27). The van der Waals surface area contributed by atoms with Gasteiger partial charge in [-0.3, -0.25) is 4.79 Å². The quantitative estimate of drug-likeness (QED) is 0.406. The monoisotopic (exact) mass is 482 g/mol. The Morgan fingerprint density at radius 3 is 2.70 bits per heavy atom. The van der Waals surface area contributed by atoms with Crippen molar-refractivity contribution < 1.29 is 13.2 Å². The van der Waals surface area contributed by atoms with Crippen molar-refractivity contribution >= 4 is 59.9 Å². The molecule has 0 radical (unpaired) electrons.